The van der Waals surface area contributed by atoms with Gasteiger partial charge in [-0.2, -0.15) is 0 Å². The average Bonchev–Trinajstić information content (AvgIpc) is 2.54. The van der Waals surface area contributed by atoms with E-state index in [1.807, 2.05) is 19.1 Å². The summed E-state index contributed by atoms with van der Waals surface area (Å²) in [5.41, 5.74) is 0.675. The van der Waals surface area contributed by atoms with Crippen LogP contribution in [0, 0.1) is 0 Å². The van der Waals surface area contributed by atoms with Crippen LogP contribution in [0.4, 0.5) is 0 Å². The Balaban J connectivity index is 1.79. The summed E-state index contributed by atoms with van der Waals surface area (Å²) < 4.78 is 5.38. The third-order valence-corrected chi connectivity index (χ3v) is 4.15. The zero-order valence-corrected chi connectivity index (χ0v) is 13.8. The molecule has 1 atom stereocenters. The highest BCUT2D eigenvalue weighted by Crippen LogP contribution is 2.12. The van der Waals surface area contributed by atoms with E-state index in [0.717, 1.165) is 31.9 Å². The van der Waals surface area contributed by atoms with Crippen molar-refractivity contribution in [2.45, 2.75) is 19.9 Å². The Bertz CT molecular complexity index is 467. The van der Waals surface area contributed by atoms with Gasteiger partial charge in [0.1, 0.15) is 5.75 Å². The lowest BCUT2D eigenvalue weighted by atomic mass is 10.2. The Labute approximate surface area is 133 Å². The van der Waals surface area contributed by atoms with E-state index in [9.17, 15) is 4.79 Å². The summed E-state index contributed by atoms with van der Waals surface area (Å²) in [7, 11) is 2.15. The Morgan fingerprint density at radius 3 is 2.45 bits per heavy atom. The summed E-state index contributed by atoms with van der Waals surface area (Å²) in [6, 6.07) is 7.65. The molecule has 0 saturated carbocycles. The predicted octanol–water partition coefficient (Wildman–Crippen LogP) is 1.45. The van der Waals surface area contributed by atoms with Crippen molar-refractivity contribution in [3.8, 4) is 5.75 Å². The number of benzene rings is 1. The van der Waals surface area contributed by atoms with Crippen molar-refractivity contribution in [1.29, 1.82) is 0 Å². The van der Waals surface area contributed by atoms with Crippen LogP contribution in [0.25, 0.3) is 0 Å². The van der Waals surface area contributed by atoms with Crippen LogP contribution in [0.5, 0.6) is 5.75 Å². The molecule has 0 spiro atoms. The summed E-state index contributed by atoms with van der Waals surface area (Å²) in [5.74, 6) is 0.772. The van der Waals surface area contributed by atoms with E-state index in [0.29, 0.717) is 24.8 Å². The van der Waals surface area contributed by atoms with Gasteiger partial charge in [0.2, 0.25) is 0 Å². The van der Waals surface area contributed by atoms with E-state index < -0.39 is 0 Å². The Hall–Kier alpha value is -1.59. The lowest BCUT2D eigenvalue weighted by molar-refractivity contribution is 0.0903. The van der Waals surface area contributed by atoms with Crippen molar-refractivity contribution in [3.63, 3.8) is 0 Å². The second-order valence-corrected chi connectivity index (χ2v) is 5.86. The number of piperazine rings is 1. The molecular formula is C17H27N3O2. The fourth-order valence-corrected chi connectivity index (χ4v) is 2.60. The third-order valence-electron chi connectivity index (χ3n) is 4.15. The molecule has 1 aromatic carbocycles. The minimum absolute atomic E-state index is 0.0241. The molecule has 1 saturated heterocycles. The Morgan fingerprint density at radius 1 is 1.23 bits per heavy atom. The van der Waals surface area contributed by atoms with Gasteiger partial charge in [0.25, 0.3) is 5.91 Å². The van der Waals surface area contributed by atoms with Crippen molar-refractivity contribution in [2.75, 3.05) is 46.4 Å². The molecule has 1 heterocycles. The topological polar surface area (TPSA) is 44.8 Å². The molecule has 5 nitrogen and oxygen atoms in total. The van der Waals surface area contributed by atoms with Gasteiger partial charge in [-0.1, -0.05) is 0 Å². The quantitative estimate of drug-likeness (QED) is 0.864. The molecule has 0 aliphatic carbocycles. The Morgan fingerprint density at radius 2 is 1.86 bits per heavy atom. The number of ether oxygens (including phenoxy) is 1. The number of hydrogen-bond acceptors (Lipinski definition) is 4. The highest BCUT2D eigenvalue weighted by molar-refractivity contribution is 5.94. The average molecular weight is 305 g/mol. The zero-order chi connectivity index (χ0) is 15.9. The van der Waals surface area contributed by atoms with Crippen LogP contribution in [-0.2, 0) is 0 Å². The molecule has 0 unspecified atom stereocenters. The van der Waals surface area contributed by atoms with E-state index in [1.165, 1.54) is 0 Å². The van der Waals surface area contributed by atoms with Crippen molar-refractivity contribution in [3.05, 3.63) is 29.8 Å². The van der Waals surface area contributed by atoms with Crippen LogP contribution in [0.1, 0.15) is 24.2 Å². The third kappa shape index (κ3) is 4.71. The summed E-state index contributed by atoms with van der Waals surface area (Å²) in [4.78, 5) is 16.9. The maximum atomic E-state index is 12.2. The molecule has 1 amide bonds. The first-order valence-corrected chi connectivity index (χ1v) is 8.03. The van der Waals surface area contributed by atoms with Gasteiger partial charge in [-0.3, -0.25) is 9.69 Å². The van der Waals surface area contributed by atoms with Gasteiger partial charge in [0.15, 0.2) is 0 Å². The Kier molecular flexibility index (Phi) is 6.21. The molecule has 0 bridgehead atoms. The normalized spacial score (nSPS) is 18.0. The molecule has 0 radical (unpaired) electrons. The summed E-state index contributed by atoms with van der Waals surface area (Å²) in [6.45, 7) is 9.75. The molecule has 0 aromatic heterocycles. The van der Waals surface area contributed by atoms with Gasteiger partial charge >= 0.3 is 0 Å². The summed E-state index contributed by atoms with van der Waals surface area (Å²) in [5, 5.41) is 3.02. The van der Waals surface area contributed by atoms with E-state index in [-0.39, 0.29) is 5.91 Å². The second-order valence-electron chi connectivity index (χ2n) is 5.86. The summed E-state index contributed by atoms with van der Waals surface area (Å²) in [6.07, 6.45) is 0. The number of amides is 1. The van der Waals surface area contributed by atoms with E-state index in [1.54, 1.807) is 12.1 Å². The van der Waals surface area contributed by atoms with Gasteiger partial charge in [-0.15, -0.1) is 0 Å². The first kappa shape index (κ1) is 16.8. The molecule has 1 aliphatic rings. The van der Waals surface area contributed by atoms with Gasteiger partial charge < -0.3 is 15.0 Å². The van der Waals surface area contributed by atoms with Gasteiger partial charge in [0, 0.05) is 44.3 Å². The van der Waals surface area contributed by atoms with Crippen molar-refractivity contribution in [2.24, 2.45) is 0 Å². The van der Waals surface area contributed by atoms with E-state index in [2.05, 4.69) is 29.1 Å². The molecule has 5 heteroatoms. The molecule has 1 fully saturated rings. The van der Waals surface area contributed by atoms with Crippen molar-refractivity contribution < 1.29 is 9.53 Å². The van der Waals surface area contributed by atoms with Gasteiger partial charge in [-0.05, 0) is 45.2 Å². The maximum absolute atomic E-state index is 12.2. The SMILES string of the molecule is CCOc1ccc(C(=O)NC[C@@H](C)N2CCN(C)CC2)cc1. The minimum Gasteiger partial charge on any atom is -0.494 e. The van der Waals surface area contributed by atoms with Crippen molar-refractivity contribution >= 4 is 5.91 Å². The second kappa shape index (κ2) is 8.15. The van der Waals surface area contributed by atoms with Crippen LogP contribution in [0.2, 0.25) is 0 Å². The van der Waals surface area contributed by atoms with E-state index >= 15 is 0 Å². The van der Waals surface area contributed by atoms with Crippen LogP contribution in [-0.4, -0.2) is 68.1 Å². The highest BCUT2D eigenvalue weighted by atomic mass is 16.5. The first-order valence-electron chi connectivity index (χ1n) is 8.03. The van der Waals surface area contributed by atoms with Gasteiger partial charge in [-0.25, -0.2) is 0 Å². The molecule has 1 N–H and O–H groups in total. The smallest absolute Gasteiger partial charge is 0.251 e. The minimum atomic E-state index is -0.0241. The van der Waals surface area contributed by atoms with Crippen molar-refractivity contribution in [1.82, 2.24) is 15.1 Å². The number of carbonyl (C=O) groups excluding carboxylic acids is 1. The lowest BCUT2D eigenvalue weighted by Crippen LogP contribution is -2.51. The predicted molar refractivity (Wildman–Crippen MR) is 88.5 cm³/mol. The number of nitrogens with one attached hydrogen (secondary N) is 1. The van der Waals surface area contributed by atoms with Crippen LogP contribution >= 0.6 is 0 Å². The molecule has 1 aromatic rings. The number of likely N-dealkylation sites (N-methyl/N-ethyl adjacent to an activating group) is 1. The van der Waals surface area contributed by atoms with Crippen LogP contribution < -0.4 is 10.1 Å². The number of carbonyl (C=O) groups is 1. The number of nitrogens with zero attached hydrogens (tertiary/aromatic N) is 2. The van der Waals surface area contributed by atoms with E-state index in [4.69, 9.17) is 4.74 Å². The zero-order valence-electron chi connectivity index (χ0n) is 13.8. The monoisotopic (exact) mass is 305 g/mol. The highest BCUT2D eigenvalue weighted by Gasteiger charge is 2.19. The largest absolute Gasteiger partial charge is 0.494 e. The lowest BCUT2D eigenvalue weighted by Gasteiger charge is -2.36. The number of rotatable bonds is 6. The number of hydrogen-bond donors (Lipinski definition) is 1. The maximum Gasteiger partial charge on any atom is 0.251 e. The molecular weight excluding hydrogens is 278 g/mol. The molecule has 122 valence electrons. The standard InChI is InChI=1S/C17H27N3O2/c1-4-22-16-7-5-15(6-8-16)17(21)18-13-14(2)20-11-9-19(3)10-12-20/h5-8,14H,4,9-13H2,1-3H3,(H,18,21)/t14-/m1/s1. The van der Waals surface area contributed by atoms with Crippen LogP contribution in [0.3, 0.4) is 0 Å². The summed E-state index contributed by atoms with van der Waals surface area (Å²) >= 11 is 0. The first-order chi connectivity index (χ1) is 10.6. The van der Waals surface area contributed by atoms with Crippen LogP contribution in [0.15, 0.2) is 24.3 Å². The molecule has 2 rings (SSSR count). The fourth-order valence-electron chi connectivity index (χ4n) is 2.60. The molecule has 22 heavy (non-hydrogen) atoms. The van der Waals surface area contributed by atoms with Gasteiger partial charge in [0.05, 0.1) is 6.61 Å². The fraction of sp³-hybridized carbons (Fsp3) is 0.588. The molecule has 1 aliphatic heterocycles.